The van der Waals surface area contributed by atoms with Crippen molar-refractivity contribution in [2.75, 3.05) is 6.61 Å². The number of benzene rings is 1. The molecule has 2 aliphatic heterocycles. The highest BCUT2D eigenvalue weighted by Crippen LogP contribution is 2.43. The topological polar surface area (TPSA) is 59.0 Å². The zero-order chi connectivity index (χ0) is 18.1. The molecule has 1 fully saturated rings. The Hall–Kier alpha value is -2.08. The Bertz CT molecular complexity index is 755. The minimum absolute atomic E-state index is 0.0285. The van der Waals surface area contributed by atoms with Crippen molar-refractivity contribution in [1.29, 1.82) is 0 Å². The van der Waals surface area contributed by atoms with Gasteiger partial charge in [0.1, 0.15) is 0 Å². The van der Waals surface area contributed by atoms with Crippen LogP contribution in [0.4, 0.5) is 0 Å². The summed E-state index contributed by atoms with van der Waals surface area (Å²) in [6, 6.07) is 9.10. The standard InChI is InChI=1S/C19H22N2O3S/c1-11(2)10-24-18(23)15-12(3)20-19-21(17(22)13(4)25-19)16(15)14-8-6-5-7-9-14/h5-9,11,13,16H,10H2,1-4H3/t13-,16-/m1/s1. The first-order valence-electron chi connectivity index (χ1n) is 8.41. The summed E-state index contributed by atoms with van der Waals surface area (Å²) in [5, 5.41) is 0.452. The highest BCUT2D eigenvalue weighted by molar-refractivity contribution is 8.15. The molecule has 2 atom stereocenters. The second-order valence-corrected chi connectivity index (χ2v) is 7.98. The Kier molecular flexibility index (Phi) is 4.99. The molecule has 25 heavy (non-hydrogen) atoms. The van der Waals surface area contributed by atoms with Gasteiger partial charge in [0.25, 0.3) is 0 Å². The Morgan fingerprint density at radius 1 is 1.32 bits per heavy atom. The molecule has 132 valence electrons. The molecule has 0 bridgehead atoms. The molecule has 0 spiro atoms. The van der Waals surface area contributed by atoms with Crippen molar-refractivity contribution in [2.24, 2.45) is 10.9 Å². The number of hydrogen-bond acceptors (Lipinski definition) is 5. The lowest BCUT2D eigenvalue weighted by molar-refractivity contribution is -0.141. The molecule has 0 aromatic heterocycles. The van der Waals surface area contributed by atoms with E-state index in [0.717, 1.165) is 5.56 Å². The maximum Gasteiger partial charge on any atom is 0.338 e. The summed E-state index contributed by atoms with van der Waals surface area (Å²) in [6.07, 6.45) is 0. The van der Waals surface area contributed by atoms with E-state index in [0.29, 0.717) is 23.0 Å². The fourth-order valence-electron chi connectivity index (χ4n) is 2.93. The number of ether oxygens (including phenoxy) is 1. The van der Waals surface area contributed by atoms with Crippen molar-refractivity contribution < 1.29 is 14.3 Å². The molecule has 3 rings (SSSR count). The minimum Gasteiger partial charge on any atom is -0.462 e. The molecule has 0 N–H and O–H groups in total. The van der Waals surface area contributed by atoms with E-state index in [1.54, 1.807) is 11.8 Å². The summed E-state index contributed by atoms with van der Waals surface area (Å²) in [7, 11) is 0. The Morgan fingerprint density at radius 3 is 2.64 bits per heavy atom. The van der Waals surface area contributed by atoms with E-state index >= 15 is 0 Å². The van der Waals surface area contributed by atoms with Gasteiger partial charge in [0, 0.05) is 0 Å². The van der Waals surface area contributed by atoms with Crippen molar-refractivity contribution in [3.05, 3.63) is 47.2 Å². The van der Waals surface area contributed by atoms with Gasteiger partial charge in [0.2, 0.25) is 5.91 Å². The fourth-order valence-corrected chi connectivity index (χ4v) is 3.96. The van der Waals surface area contributed by atoms with Gasteiger partial charge in [0.15, 0.2) is 5.17 Å². The Morgan fingerprint density at radius 2 is 2.00 bits per heavy atom. The monoisotopic (exact) mass is 358 g/mol. The number of amides is 1. The molecule has 5 nitrogen and oxygen atoms in total. The van der Waals surface area contributed by atoms with Gasteiger partial charge in [-0.15, -0.1) is 0 Å². The third-order valence-corrected chi connectivity index (χ3v) is 5.20. The van der Waals surface area contributed by atoms with Crippen LogP contribution in [0.15, 0.2) is 46.6 Å². The molecule has 1 amide bonds. The lowest BCUT2D eigenvalue weighted by Gasteiger charge is -2.33. The van der Waals surface area contributed by atoms with Crippen molar-refractivity contribution in [3.8, 4) is 0 Å². The first-order chi connectivity index (χ1) is 11.9. The first-order valence-corrected chi connectivity index (χ1v) is 9.29. The number of nitrogens with zero attached hydrogens (tertiary/aromatic N) is 2. The lowest BCUT2D eigenvalue weighted by atomic mass is 9.94. The number of thioether (sulfide) groups is 1. The molecular formula is C19H22N2O3S. The van der Waals surface area contributed by atoms with Crippen LogP contribution < -0.4 is 0 Å². The molecule has 1 aromatic rings. The van der Waals surface area contributed by atoms with Gasteiger partial charge in [-0.2, -0.15) is 0 Å². The van der Waals surface area contributed by atoms with Gasteiger partial charge in [0.05, 0.1) is 29.2 Å². The molecular weight excluding hydrogens is 336 g/mol. The van der Waals surface area contributed by atoms with Crippen molar-refractivity contribution >= 4 is 28.8 Å². The summed E-state index contributed by atoms with van der Waals surface area (Å²) in [4.78, 5) is 31.6. The van der Waals surface area contributed by atoms with E-state index in [9.17, 15) is 9.59 Å². The molecule has 2 aliphatic rings. The van der Waals surface area contributed by atoms with E-state index in [4.69, 9.17) is 4.74 Å². The Labute approximate surface area is 152 Å². The van der Waals surface area contributed by atoms with Crippen molar-refractivity contribution in [3.63, 3.8) is 0 Å². The largest absolute Gasteiger partial charge is 0.462 e. The maximum absolute atomic E-state index is 12.8. The van der Waals surface area contributed by atoms with Crippen LogP contribution in [-0.4, -0.2) is 33.8 Å². The number of fused-ring (bicyclic) bond motifs is 1. The number of carbonyl (C=O) groups is 2. The number of aliphatic imine (C=N–C) groups is 1. The van der Waals surface area contributed by atoms with Crippen LogP contribution >= 0.6 is 11.8 Å². The second-order valence-electron chi connectivity index (χ2n) is 6.67. The average Bonchev–Trinajstić information content (AvgIpc) is 2.86. The summed E-state index contributed by atoms with van der Waals surface area (Å²) in [5.41, 5.74) is 1.94. The second kappa shape index (κ2) is 7.04. The van der Waals surface area contributed by atoms with Gasteiger partial charge in [-0.25, -0.2) is 9.79 Å². The minimum atomic E-state index is -0.488. The van der Waals surface area contributed by atoms with Crippen LogP contribution in [0.5, 0.6) is 0 Å². The van der Waals surface area contributed by atoms with Crippen LogP contribution in [-0.2, 0) is 14.3 Å². The number of rotatable bonds is 4. The first kappa shape index (κ1) is 17.7. The number of allylic oxidation sites excluding steroid dienone is 1. The summed E-state index contributed by atoms with van der Waals surface area (Å²) in [5.74, 6) is -0.189. The normalized spacial score (nSPS) is 23.0. The van der Waals surface area contributed by atoms with Crippen LogP contribution in [0.25, 0.3) is 0 Å². The number of esters is 1. The molecule has 2 heterocycles. The molecule has 1 aromatic carbocycles. The quantitative estimate of drug-likeness (QED) is 0.773. The van der Waals surface area contributed by atoms with Crippen LogP contribution in [0.1, 0.15) is 39.3 Å². The number of hydrogen-bond donors (Lipinski definition) is 0. The summed E-state index contributed by atoms with van der Waals surface area (Å²) >= 11 is 1.43. The van der Waals surface area contributed by atoms with Gasteiger partial charge in [-0.3, -0.25) is 9.69 Å². The van der Waals surface area contributed by atoms with Crippen LogP contribution in [0.2, 0.25) is 0 Å². The molecule has 0 unspecified atom stereocenters. The van der Waals surface area contributed by atoms with Crippen LogP contribution in [0, 0.1) is 5.92 Å². The van der Waals surface area contributed by atoms with E-state index in [1.807, 2.05) is 51.1 Å². The SMILES string of the molecule is CC1=C(C(=O)OCC(C)C)[C@@H](c2ccccc2)N2C(=O)[C@@H](C)SC2=N1. The molecule has 6 heteroatoms. The number of amidine groups is 1. The van der Waals surface area contributed by atoms with Gasteiger partial charge < -0.3 is 4.74 Å². The number of carbonyl (C=O) groups excluding carboxylic acids is 2. The zero-order valence-corrected chi connectivity index (χ0v) is 15.7. The predicted molar refractivity (Wildman–Crippen MR) is 99.0 cm³/mol. The lowest BCUT2D eigenvalue weighted by Crippen LogP contribution is -2.40. The molecule has 0 radical (unpaired) electrons. The fraction of sp³-hybridized carbons (Fsp3) is 0.421. The summed E-state index contributed by atoms with van der Waals surface area (Å²) < 4.78 is 5.46. The Balaban J connectivity index is 2.05. The predicted octanol–water partition coefficient (Wildman–Crippen LogP) is 3.53. The third-order valence-electron chi connectivity index (χ3n) is 4.14. The molecule has 0 saturated carbocycles. The van der Waals surface area contributed by atoms with Crippen molar-refractivity contribution in [2.45, 2.75) is 39.0 Å². The highest BCUT2D eigenvalue weighted by atomic mass is 32.2. The zero-order valence-electron chi connectivity index (χ0n) is 14.9. The van der Waals surface area contributed by atoms with Gasteiger partial charge in [-0.05, 0) is 25.3 Å². The van der Waals surface area contributed by atoms with Crippen LogP contribution in [0.3, 0.4) is 0 Å². The highest BCUT2D eigenvalue weighted by Gasteiger charge is 2.46. The van der Waals surface area contributed by atoms with E-state index < -0.39 is 12.0 Å². The molecule has 0 aliphatic carbocycles. The van der Waals surface area contributed by atoms with Gasteiger partial charge >= 0.3 is 5.97 Å². The maximum atomic E-state index is 12.8. The van der Waals surface area contributed by atoms with Crippen molar-refractivity contribution in [1.82, 2.24) is 4.90 Å². The van der Waals surface area contributed by atoms with E-state index in [1.165, 1.54) is 11.8 Å². The average molecular weight is 358 g/mol. The smallest absolute Gasteiger partial charge is 0.338 e. The van der Waals surface area contributed by atoms with Gasteiger partial charge in [-0.1, -0.05) is 55.9 Å². The van der Waals surface area contributed by atoms with E-state index in [2.05, 4.69) is 4.99 Å². The summed E-state index contributed by atoms with van der Waals surface area (Å²) in [6.45, 7) is 7.99. The molecule has 1 saturated heterocycles. The third kappa shape index (κ3) is 3.35. The van der Waals surface area contributed by atoms with E-state index in [-0.39, 0.29) is 17.1 Å².